The van der Waals surface area contributed by atoms with Crippen LogP contribution < -0.4 is 10.6 Å². The Hall–Kier alpha value is -1.16. The number of pyridine rings is 1. The Morgan fingerprint density at radius 2 is 2.33 bits per heavy atom. The predicted octanol–water partition coefficient (Wildman–Crippen LogP) is 0.604. The molecule has 1 aliphatic rings. The van der Waals surface area contributed by atoms with Crippen LogP contribution in [0.5, 0.6) is 0 Å². The van der Waals surface area contributed by atoms with Crippen LogP contribution in [0.25, 0.3) is 0 Å². The number of hydrogen-bond donors (Lipinski definition) is 2. The van der Waals surface area contributed by atoms with Gasteiger partial charge in [-0.2, -0.15) is 4.39 Å². The van der Waals surface area contributed by atoms with Crippen molar-refractivity contribution in [2.45, 2.75) is 6.04 Å². The Balaban J connectivity index is 2.02. The summed E-state index contributed by atoms with van der Waals surface area (Å²) < 4.78 is 12.6. The normalized spacial score (nSPS) is 17.1. The lowest BCUT2D eigenvalue weighted by atomic mass is 10.2. The zero-order valence-electron chi connectivity index (χ0n) is 6.55. The van der Waals surface area contributed by atoms with Gasteiger partial charge in [-0.15, -0.1) is 0 Å². The van der Waals surface area contributed by atoms with E-state index >= 15 is 0 Å². The Morgan fingerprint density at radius 3 is 2.92 bits per heavy atom. The van der Waals surface area contributed by atoms with Crippen molar-refractivity contribution in [1.29, 1.82) is 0 Å². The van der Waals surface area contributed by atoms with Gasteiger partial charge in [-0.05, 0) is 12.1 Å². The first-order valence-electron chi connectivity index (χ1n) is 3.94. The van der Waals surface area contributed by atoms with Crippen LogP contribution in [0.15, 0.2) is 18.2 Å². The summed E-state index contributed by atoms with van der Waals surface area (Å²) in [6.07, 6.45) is 0. The first kappa shape index (κ1) is 7.49. The molecule has 1 aromatic rings. The van der Waals surface area contributed by atoms with Crippen LogP contribution in [0.1, 0.15) is 0 Å². The minimum Gasteiger partial charge on any atom is -0.365 e. The van der Waals surface area contributed by atoms with Crippen molar-refractivity contribution in [3.05, 3.63) is 24.1 Å². The molecule has 0 saturated carbocycles. The number of nitrogens with one attached hydrogen (secondary N) is 2. The van der Waals surface area contributed by atoms with Crippen molar-refractivity contribution in [2.24, 2.45) is 0 Å². The highest BCUT2D eigenvalue weighted by Gasteiger charge is 2.16. The van der Waals surface area contributed by atoms with Gasteiger partial charge in [-0.3, -0.25) is 0 Å². The van der Waals surface area contributed by atoms with Crippen LogP contribution in [0.3, 0.4) is 0 Å². The largest absolute Gasteiger partial charge is 0.365 e. The molecule has 0 unspecified atom stereocenters. The lowest BCUT2D eigenvalue weighted by molar-refractivity contribution is 0.469. The molecule has 4 heteroatoms. The molecule has 2 N–H and O–H groups in total. The van der Waals surface area contributed by atoms with Crippen molar-refractivity contribution < 1.29 is 4.39 Å². The van der Waals surface area contributed by atoms with Gasteiger partial charge in [0.05, 0.1) is 6.04 Å². The van der Waals surface area contributed by atoms with Gasteiger partial charge in [0.2, 0.25) is 5.95 Å². The molecule has 1 saturated heterocycles. The van der Waals surface area contributed by atoms with Gasteiger partial charge in [0.25, 0.3) is 0 Å². The summed E-state index contributed by atoms with van der Waals surface area (Å²) in [4.78, 5) is 3.69. The molecule has 0 spiro atoms. The van der Waals surface area contributed by atoms with Crippen LogP contribution >= 0.6 is 0 Å². The molecule has 2 rings (SSSR count). The molecule has 0 radical (unpaired) electrons. The van der Waals surface area contributed by atoms with E-state index < -0.39 is 5.95 Å². The van der Waals surface area contributed by atoms with Crippen molar-refractivity contribution in [3.63, 3.8) is 0 Å². The van der Waals surface area contributed by atoms with Crippen molar-refractivity contribution >= 4 is 5.82 Å². The van der Waals surface area contributed by atoms with Gasteiger partial charge in [0.15, 0.2) is 0 Å². The van der Waals surface area contributed by atoms with E-state index in [9.17, 15) is 4.39 Å². The second-order valence-corrected chi connectivity index (χ2v) is 2.85. The molecule has 2 heterocycles. The molecule has 1 aliphatic heterocycles. The summed E-state index contributed by atoms with van der Waals surface area (Å²) in [5.74, 6) is 0.175. The minimum absolute atomic E-state index is 0.402. The zero-order chi connectivity index (χ0) is 8.39. The van der Waals surface area contributed by atoms with E-state index in [1.54, 1.807) is 12.1 Å². The Kier molecular flexibility index (Phi) is 1.91. The average Bonchev–Trinajstić information content (AvgIpc) is 1.97. The summed E-state index contributed by atoms with van der Waals surface area (Å²) in [7, 11) is 0. The third-order valence-electron chi connectivity index (χ3n) is 1.85. The highest BCUT2D eigenvalue weighted by atomic mass is 19.1. The van der Waals surface area contributed by atoms with Crippen LogP contribution in [-0.4, -0.2) is 24.1 Å². The van der Waals surface area contributed by atoms with Crippen LogP contribution in [0.4, 0.5) is 10.2 Å². The van der Waals surface area contributed by atoms with Crippen molar-refractivity contribution in [1.82, 2.24) is 10.3 Å². The Labute approximate surface area is 70.0 Å². The quantitative estimate of drug-likeness (QED) is 0.633. The maximum Gasteiger partial charge on any atom is 0.214 e. The van der Waals surface area contributed by atoms with E-state index in [0.29, 0.717) is 11.9 Å². The third kappa shape index (κ3) is 1.53. The molecule has 0 bridgehead atoms. The summed E-state index contributed by atoms with van der Waals surface area (Å²) >= 11 is 0. The highest BCUT2D eigenvalue weighted by molar-refractivity contribution is 5.35. The van der Waals surface area contributed by atoms with E-state index in [0.717, 1.165) is 13.1 Å². The molecule has 0 amide bonds. The summed E-state index contributed by atoms with van der Waals surface area (Å²) in [5, 5.41) is 6.22. The van der Waals surface area contributed by atoms with Crippen LogP contribution in [0.2, 0.25) is 0 Å². The summed E-state index contributed by atoms with van der Waals surface area (Å²) in [6, 6.07) is 5.15. The molecular weight excluding hydrogens is 157 g/mol. The fourth-order valence-corrected chi connectivity index (χ4v) is 1.09. The predicted molar refractivity (Wildman–Crippen MR) is 44.5 cm³/mol. The van der Waals surface area contributed by atoms with Gasteiger partial charge in [0.1, 0.15) is 5.82 Å². The van der Waals surface area contributed by atoms with Crippen molar-refractivity contribution in [2.75, 3.05) is 18.4 Å². The number of nitrogens with zero attached hydrogens (tertiary/aromatic N) is 1. The standard InChI is InChI=1S/C8H10FN3/c9-7-2-1-3-8(12-7)11-6-4-10-5-6/h1-3,6,10H,4-5H2,(H,11,12). The molecule has 12 heavy (non-hydrogen) atoms. The number of aromatic nitrogens is 1. The van der Waals surface area contributed by atoms with E-state index in [1.165, 1.54) is 6.07 Å². The fourth-order valence-electron chi connectivity index (χ4n) is 1.09. The van der Waals surface area contributed by atoms with E-state index in [4.69, 9.17) is 0 Å². The molecule has 1 aromatic heterocycles. The minimum atomic E-state index is -0.438. The molecule has 3 nitrogen and oxygen atoms in total. The van der Waals surface area contributed by atoms with Crippen molar-refractivity contribution in [3.8, 4) is 0 Å². The third-order valence-corrected chi connectivity index (χ3v) is 1.85. The number of halogens is 1. The molecule has 0 atom stereocenters. The summed E-state index contributed by atoms with van der Waals surface area (Å²) in [5.41, 5.74) is 0. The molecule has 0 aliphatic carbocycles. The van der Waals surface area contributed by atoms with Gasteiger partial charge in [-0.1, -0.05) is 6.07 Å². The monoisotopic (exact) mass is 167 g/mol. The second kappa shape index (κ2) is 3.06. The molecule has 0 aromatic carbocycles. The lowest BCUT2D eigenvalue weighted by Gasteiger charge is -2.28. The first-order valence-corrected chi connectivity index (χ1v) is 3.94. The van der Waals surface area contributed by atoms with Gasteiger partial charge in [0, 0.05) is 13.1 Å². The Bertz CT molecular complexity index is 273. The fraction of sp³-hybridized carbons (Fsp3) is 0.375. The van der Waals surface area contributed by atoms with Crippen LogP contribution in [-0.2, 0) is 0 Å². The zero-order valence-corrected chi connectivity index (χ0v) is 6.55. The van der Waals surface area contributed by atoms with E-state index in [2.05, 4.69) is 15.6 Å². The topological polar surface area (TPSA) is 37.0 Å². The maximum absolute atomic E-state index is 12.6. The van der Waals surface area contributed by atoms with E-state index in [-0.39, 0.29) is 0 Å². The van der Waals surface area contributed by atoms with Crippen LogP contribution in [0, 0.1) is 5.95 Å². The molecular formula is C8H10FN3. The van der Waals surface area contributed by atoms with Gasteiger partial charge >= 0.3 is 0 Å². The van der Waals surface area contributed by atoms with Gasteiger partial charge < -0.3 is 10.6 Å². The average molecular weight is 167 g/mol. The van der Waals surface area contributed by atoms with E-state index in [1.807, 2.05) is 0 Å². The second-order valence-electron chi connectivity index (χ2n) is 2.85. The van der Waals surface area contributed by atoms with Gasteiger partial charge in [-0.25, -0.2) is 4.98 Å². The highest BCUT2D eigenvalue weighted by Crippen LogP contribution is 2.06. The molecule has 64 valence electrons. The first-order chi connectivity index (χ1) is 5.84. The lowest BCUT2D eigenvalue weighted by Crippen LogP contribution is -2.51. The molecule has 1 fully saturated rings. The number of anilines is 1. The number of hydrogen-bond acceptors (Lipinski definition) is 3. The number of rotatable bonds is 2. The summed E-state index contributed by atoms with van der Waals surface area (Å²) in [6.45, 7) is 1.86. The Morgan fingerprint density at radius 1 is 1.50 bits per heavy atom. The maximum atomic E-state index is 12.6. The smallest absolute Gasteiger partial charge is 0.214 e. The SMILES string of the molecule is Fc1cccc(NC2CNC2)n1.